The van der Waals surface area contributed by atoms with Crippen LogP contribution in [0.5, 0.6) is 0 Å². The van der Waals surface area contributed by atoms with Crippen molar-refractivity contribution in [2.24, 2.45) is 5.41 Å². The maximum Gasteiger partial charge on any atom is 0.164 e. The number of carbonyl (C=O) groups is 1. The lowest BCUT2D eigenvalue weighted by Gasteiger charge is -2.20. The zero-order chi connectivity index (χ0) is 12.4. The zero-order valence-electron chi connectivity index (χ0n) is 10.9. The van der Waals surface area contributed by atoms with Gasteiger partial charge in [0.15, 0.2) is 5.78 Å². The molecule has 0 amide bonds. The Labute approximate surface area is 98.3 Å². The summed E-state index contributed by atoms with van der Waals surface area (Å²) in [6.07, 6.45) is 0.833. The van der Waals surface area contributed by atoms with E-state index in [0.29, 0.717) is 26.4 Å². The highest BCUT2D eigenvalue weighted by Gasteiger charge is 2.24. The van der Waals surface area contributed by atoms with Gasteiger partial charge in [0.25, 0.3) is 0 Å². The summed E-state index contributed by atoms with van der Waals surface area (Å²) in [5.41, 5.74) is -0.281. The summed E-state index contributed by atoms with van der Waals surface area (Å²) >= 11 is 0. The van der Waals surface area contributed by atoms with Crippen molar-refractivity contribution in [2.45, 2.75) is 27.2 Å². The second-order valence-electron chi connectivity index (χ2n) is 4.32. The third kappa shape index (κ3) is 6.93. The number of methoxy groups -OCH3 is 1. The molecule has 0 aliphatic heterocycles. The van der Waals surface area contributed by atoms with Crippen molar-refractivity contribution in [3.05, 3.63) is 0 Å². The van der Waals surface area contributed by atoms with Gasteiger partial charge >= 0.3 is 0 Å². The van der Waals surface area contributed by atoms with Crippen LogP contribution in [-0.2, 0) is 19.0 Å². The van der Waals surface area contributed by atoms with E-state index >= 15 is 0 Å². The Bertz CT molecular complexity index is 189. The highest BCUT2D eigenvalue weighted by molar-refractivity contribution is 5.85. The molecule has 0 saturated carbocycles. The van der Waals surface area contributed by atoms with Gasteiger partial charge in [-0.05, 0) is 6.42 Å². The number of ketones is 1. The average Bonchev–Trinajstić information content (AvgIpc) is 2.27. The van der Waals surface area contributed by atoms with Gasteiger partial charge in [-0.25, -0.2) is 0 Å². The summed E-state index contributed by atoms with van der Waals surface area (Å²) < 4.78 is 15.3. The number of ether oxygens (including phenoxy) is 3. The van der Waals surface area contributed by atoms with Crippen molar-refractivity contribution in [3.8, 4) is 0 Å². The van der Waals surface area contributed by atoms with Gasteiger partial charge < -0.3 is 14.2 Å². The van der Waals surface area contributed by atoms with Crippen LogP contribution in [0.3, 0.4) is 0 Å². The summed E-state index contributed by atoms with van der Waals surface area (Å²) in [6.45, 7) is 8.16. The summed E-state index contributed by atoms with van der Waals surface area (Å²) in [5.74, 6) is 0.145. The zero-order valence-corrected chi connectivity index (χ0v) is 10.9. The minimum Gasteiger partial charge on any atom is -0.382 e. The number of Topliss-reactive ketones (excluding diaryl/α,β-unsaturated/α-hetero) is 1. The van der Waals surface area contributed by atoms with Crippen molar-refractivity contribution in [1.82, 2.24) is 0 Å². The van der Waals surface area contributed by atoms with Crippen molar-refractivity contribution in [2.75, 3.05) is 40.1 Å². The van der Waals surface area contributed by atoms with Gasteiger partial charge in [0.2, 0.25) is 0 Å². The molecule has 0 saturated heterocycles. The van der Waals surface area contributed by atoms with Gasteiger partial charge in [-0.2, -0.15) is 0 Å². The average molecular weight is 232 g/mol. The first-order valence-electron chi connectivity index (χ1n) is 5.72. The van der Waals surface area contributed by atoms with Crippen molar-refractivity contribution >= 4 is 5.78 Å². The Morgan fingerprint density at radius 3 is 2.19 bits per heavy atom. The number of carbonyl (C=O) groups excluding carboxylic acids is 1. The fourth-order valence-electron chi connectivity index (χ4n) is 0.920. The molecule has 0 rings (SSSR count). The van der Waals surface area contributed by atoms with E-state index in [2.05, 4.69) is 0 Å². The predicted octanol–water partition coefficient (Wildman–Crippen LogP) is 1.67. The largest absolute Gasteiger partial charge is 0.382 e. The molecule has 0 aromatic rings. The molecule has 96 valence electrons. The number of hydrogen-bond donors (Lipinski definition) is 0. The smallest absolute Gasteiger partial charge is 0.164 e. The Hall–Kier alpha value is -0.450. The highest BCUT2D eigenvalue weighted by Crippen LogP contribution is 2.20. The summed E-state index contributed by atoms with van der Waals surface area (Å²) in [5, 5.41) is 0. The van der Waals surface area contributed by atoms with E-state index in [0.717, 1.165) is 6.42 Å². The maximum absolute atomic E-state index is 11.6. The summed E-state index contributed by atoms with van der Waals surface area (Å²) in [4.78, 5) is 11.6. The van der Waals surface area contributed by atoms with Crippen LogP contribution in [0.15, 0.2) is 0 Å². The molecule has 0 unspecified atom stereocenters. The Kier molecular flexibility index (Phi) is 8.43. The van der Waals surface area contributed by atoms with Crippen molar-refractivity contribution < 1.29 is 19.0 Å². The molecule has 0 aliphatic carbocycles. The Morgan fingerprint density at radius 1 is 1.06 bits per heavy atom. The molecule has 0 fully saturated rings. The van der Waals surface area contributed by atoms with Crippen LogP contribution in [0.25, 0.3) is 0 Å². The number of rotatable bonds is 10. The molecule has 0 aromatic heterocycles. The predicted molar refractivity (Wildman–Crippen MR) is 62.6 cm³/mol. The minimum absolute atomic E-state index is 0.145. The summed E-state index contributed by atoms with van der Waals surface area (Å²) in [6, 6.07) is 0. The van der Waals surface area contributed by atoms with Crippen molar-refractivity contribution in [3.63, 3.8) is 0 Å². The first-order valence-corrected chi connectivity index (χ1v) is 5.72. The Morgan fingerprint density at radius 2 is 1.62 bits per heavy atom. The lowest BCUT2D eigenvalue weighted by atomic mass is 9.86. The van der Waals surface area contributed by atoms with E-state index < -0.39 is 0 Å². The van der Waals surface area contributed by atoms with E-state index in [1.807, 2.05) is 20.8 Å². The molecule has 16 heavy (non-hydrogen) atoms. The minimum atomic E-state index is -0.281. The van der Waals surface area contributed by atoms with Gasteiger partial charge in [0.1, 0.15) is 6.61 Å². The van der Waals surface area contributed by atoms with Crippen LogP contribution >= 0.6 is 0 Å². The molecule has 0 spiro atoms. The van der Waals surface area contributed by atoms with Crippen LogP contribution in [0, 0.1) is 5.41 Å². The van der Waals surface area contributed by atoms with E-state index in [-0.39, 0.29) is 17.8 Å². The van der Waals surface area contributed by atoms with Crippen LogP contribution in [-0.4, -0.2) is 45.9 Å². The molecule has 0 aromatic carbocycles. The standard InChI is InChI=1S/C12H24O4/c1-5-12(2,3)11(13)10-16-9-8-15-7-6-14-4/h5-10H2,1-4H3. The molecule has 0 radical (unpaired) electrons. The number of hydrogen-bond acceptors (Lipinski definition) is 4. The van der Waals surface area contributed by atoms with E-state index in [9.17, 15) is 4.79 Å². The van der Waals surface area contributed by atoms with Crippen LogP contribution in [0.1, 0.15) is 27.2 Å². The normalized spacial score (nSPS) is 11.8. The third-order valence-corrected chi connectivity index (χ3v) is 2.68. The first-order chi connectivity index (χ1) is 7.54. The van der Waals surface area contributed by atoms with E-state index in [1.165, 1.54) is 0 Å². The van der Waals surface area contributed by atoms with Gasteiger partial charge in [-0.15, -0.1) is 0 Å². The van der Waals surface area contributed by atoms with Gasteiger partial charge in [-0.1, -0.05) is 20.8 Å². The summed E-state index contributed by atoms with van der Waals surface area (Å²) in [7, 11) is 1.63. The lowest BCUT2D eigenvalue weighted by Crippen LogP contribution is -2.28. The molecular formula is C12H24O4. The fraction of sp³-hybridized carbons (Fsp3) is 0.917. The molecule has 4 heteroatoms. The highest BCUT2D eigenvalue weighted by atomic mass is 16.5. The molecular weight excluding hydrogens is 208 g/mol. The van der Waals surface area contributed by atoms with E-state index in [1.54, 1.807) is 7.11 Å². The van der Waals surface area contributed by atoms with E-state index in [4.69, 9.17) is 14.2 Å². The molecule has 0 heterocycles. The molecule has 0 atom stereocenters. The fourth-order valence-corrected chi connectivity index (χ4v) is 0.920. The molecule has 4 nitrogen and oxygen atoms in total. The van der Waals surface area contributed by atoms with Gasteiger partial charge in [0.05, 0.1) is 26.4 Å². The van der Waals surface area contributed by atoms with Crippen LogP contribution in [0.4, 0.5) is 0 Å². The van der Waals surface area contributed by atoms with Gasteiger partial charge in [0, 0.05) is 12.5 Å². The van der Waals surface area contributed by atoms with Gasteiger partial charge in [-0.3, -0.25) is 4.79 Å². The first kappa shape index (κ1) is 15.6. The lowest BCUT2D eigenvalue weighted by molar-refractivity contribution is -0.132. The molecule has 0 bridgehead atoms. The second-order valence-corrected chi connectivity index (χ2v) is 4.32. The SMILES string of the molecule is CCC(C)(C)C(=O)COCCOCCOC. The van der Waals surface area contributed by atoms with Crippen LogP contribution in [0.2, 0.25) is 0 Å². The van der Waals surface area contributed by atoms with Crippen molar-refractivity contribution in [1.29, 1.82) is 0 Å². The topological polar surface area (TPSA) is 44.8 Å². The van der Waals surface area contributed by atoms with Crippen LogP contribution < -0.4 is 0 Å². The quantitative estimate of drug-likeness (QED) is 0.537. The molecule has 0 aliphatic rings. The third-order valence-electron chi connectivity index (χ3n) is 2.68. The maximum atomic E-state index is 11.6. The Balaban J connectivity index is 3.42. The molecule has 0 N–H and O–H groups in total. The second kappa shape index (κ2) is 8.67. The monoisotopic (exact) mass is 232 g/mol.